The van der Waals surface area contributed by atoms with Crippen molar-refractivity contribution in [2.75, 3.05) is 0 Å². The molecule has 0 aliphatic carbocycles. The molecule has 1 aromatic rings. The van der Waals surface area contributed by atoms with Crippen molar-refractivity contribution in [3.8, 4) is 0 Å². The molecule has 7 heavy (non-hydrogen) atoms. The molecule has 0 amide bonds. The van der Waals surface area contributed by atoms with Gasteiger partial charge in [0.15, 0.2) is 0 Å². The molecular formula is C3H3N2O2. The van der Waals surface area contributed by atoms with Crippen LogP contribution in [0.1, 0.15) is 0 Å². The fourth-order valence-corrected chi connectivity index (χ4v) is 0.266. The molecule has 0 aliphatic rings. The van der Waals surface area contributed by atoms with E-state index >= 15 is 0 Å². The van der Waals surface area contributed by atoms with Crippen molar-refractivity contribution in [1.82, 2.24) is 9.94 Å². The predicted molar refractivity (Wildman–Crippen MR) is 20.3 cm³/mol. The number of hydrogen-bond donors (Lipinski definition) is 1. The van der Waals surface area contributed by atoms with Gasteiger partial charge in [0.05, 0.1) is 6.20 Å². The number of aromatic nitrogens is 2. The van der Waals surface area contributed by atoms with Crippen LogP contribution in [0.2, 0.25) is 0 Å². The Bertz CT molecular complexity index is 125. The second-order valence-electron chi connectivity index (χ2n) is 0.929. The van der Waals surface area contributed by atoms with Crippen molar-refractivity contribution in [3.63, 3.8) is 0 Å². The molecule has 1 heterocycles. The Balaban J connectivity index is 2.76. The highest BCUT2D eigenvalue weighted by Crippen LogP contribution is 1.73. The van der Waals surface area contributed by atoms with Crippen LogP contribution in [0, 0.1) is 6.20 Å². The molecule has 0 spiro atoms. The molecule has 0 aliphatic heterocycles. The van der Waals surface area contributed by atoms with Crippen LogP contribution < -0.4 is 4.99 Å². The standard InChI is InChI=1S/C3H3N2O2/c6-7-5-3-1-2-4-5/h1,3,6H. The van der Waals surface area contributed by atoms with E-state index in [0.29, 0.717) is 0 Å². The molecule has 4 nitrogen and oxygen atoms in total. The first-order chi connectivity index (χ1) is 3.43. The lowest BCUT2D eigenvalue weighted by molar-refractivity contribution is -0.253. The summed E-state index contributed by atoms with van der Waals surface area (Å²) in [5.41, 5.74) is 0. The van der Waals surface area contributed by atoms with Gasteiger partial charge in [-0.05, 0) is 6.07 Å². The van der Waals surface area contributed by atoms with Crippen LogP contribution in [0.4, 0.5) is 0 Å². The highest BCUT2D eigenvalue weighted by atomic mass is 17.2. The molecule has 1 radical (unpaired) electrons. The van der Waals surface area contributed by atoms with Gasteiger partial charge in [0.25, 0.3) is 0 Å². The summed E-state index contributed by atoms with van der Waals surface area (Å²) in [5.74, 6) is 0. The van der Waals surface area contributed by atoms with Crippen LogP contribution >= 0.6 is 0 Å². The van der Waals surface area contributed by atoms with Gasteiger partial charge in [-0.15, -0.1) is 5.10 Å². The van der Waals surface area contributed by atoms with E-state index in [1.54, 1.807) is 0 Å². The SMILES string of the molecule is OOn1cc[c]n1. The molecule has 0 aromatic carbocycles. The van der Waals surface area contributed by atoms with Crippen LogP contribution in [-0.2, 0) is 0 Å². The molecule has 0 unspecified atom stereocenters. The zero-order valence-corrected chi connectivity index (χ0v) is 3.40. The van der Waals surface area contributed by atoms with Gasteiger partial charge in [-0.1, -0.05) is 4.85 Å². The van der Waals surface area contributed by atoms with Gasteiger partial charge in [-0.3, -0.25) is 0 Å². The maximum Gasteiger partial charge on any atom is 0.116 e. The van der Waals surface area contributed by atoms with Gasteiger partial charge >= 0.3 is 0 Å². The monoisotopic (exact) mass is 99.0 g/mol. The van der Waals surface area contributed by atoms with Crippen LogP contribution in [0.15, 0.2) is 12.3 Å². The summed E-state index contributed by atoms with van der Waals surface area (Å²) in [6, 6.07) is 1.51. The minimum absolute atomic E-state index is 0.875. The van der Waals surface area contributed by atoms with Gasteiger partial charge < -0.3 is 0 Å². The minimum atomic E-state index is 0.875. The summed E-state index contributed by atoms with van der Waals surface area (Å²) in [5, 5.41) is 11.2. The third kappa shape index (κ3) is 0.690. The molecule has 0 atom stereocenters. The van der Waals surface area contributed by atoms with E-state index in [4.69, 9.17) is 5.26 Å². The smallest absolute Gasteiger partial charge is 0.116 e. The fraction of sp³-hybridized carbons (Fsp3) is 0. The number of rotatable bonds is 1. The number of nitrogens with zero attached hydrogens (tertiary/aromatic N) is 2. The van der Waals surface area contributed by atoms with Gasteiger partial charge in [0, 0.05) is 0 Å². The molecule has 1 aromatic heterocycles. The van der Waals surface area contributed by atoms with E-state index in [0.717, 1.165) is 4.85 Å². The van der Waals surface area contributed by atoms with Crippen LogP contribution in [0.25, 0.3) is 0 Å². The van der Waals surface area contributed by atoms with Crippen molar-refractivity contribution in [2.24, 2.45) is 0 Å². The molecule has 0 saturated carbocycles. The molecule has 0 saturated heterocycles. The molecule has 4 heteroatoms. The lowest BCUT2D eigenvalue weighted by Crippen LogP contribution is -2.05. The zero-order valence-electron chi connectivity index (χ0n) is 3.40. The first kappa shape index (κ1) is 4.14. The Morgan fingerprint density at radius 1 is 1.86 bits per heavy atom. The average Bonchev–Trinajstić information content (AvgIpc) is 2.14. The zero-order chi connectivity index (χ0) is 5.11. The number of hydrogen-bond acceptors (Lipinski definition) is 3. The van der Waals surface area contributed by atoms with Gasteiger partial charge in [0.1, 0.15) is 6.20 Å². The van der Waals surface area contributed by atoms with Crippen molar-refractivity contribution < 1.29 is 10.2 Å². The Hall–Kier alpha value is -1.03. The molecule has 0 bridgehead atoms. The van der Waals surface area contributed by atoms with E-state index in [1.807, 2.05) is 0 Å². The van der Waals surface area contributed by atoms with E-state index in [2.05, 4.69) is 16.3 Å². The van der Waals surface area contributed by atoms with Gasteiger partial charge in [-0.2, -0.15) is 5.26 Å². The minimum Gasteiger partial charge on any atom is -0.225 e. The Kier molecular flexibility index (Phi) is 0.953. The summed E-state index contributed by atoms with van der Waals surface area (Å²) in [6.07, 6.45) is 3.83. The highest BCUT2D eigenvalue weighted by Gasteiger charge is 1.80. The predicted octanol–water partition coefficient (Wildman–Crippen LogP) is -0.415. The van der Waals surface area contributed by atoms with Crippen molar-refractivity contribution in [1.29, 1.82) is 0 Å². The molecule has 37 valence electrons. The lowest BCUT2D eigenvalue weighted by Gasteiger charge is -1.86. The largest absolute Gasteiger partial charge is 0.225 e. The first-order valence-corrected chi connectivity index (χ1v) is 1.67. The third-order valence-electron chi connectivity index (χ3n) is 0.517. The average molecular weight is 99.1 g/mol. The summed E-state index contributed by atoms with van der Waals surface area (Å²) >= 11 is 0. The summed E-state index contributed by atoms with van der Waals surface area (Å²) in [4.78, 5) is 4.50. The second kappa shape index (κ2) is 1.61. The van der Waals surface area contributed by atoms with Crippen molar-refractivity contribution in [3.05, 3.63) is 18.5 Å². The maximum absolute atomic E-state index is 7.81. The summed E-state index contributed by atoms with van der Waals surface area (Å²) in [7, 11) is 0. The first-order valence-electron chi connectivity index (χ1n) is 1.67. The van der Waals surface area contributed by atoms with Crippen LogP contribution in [0.5, 0.6) is 0 Å². The molecule has 0 fully saturated rings. The maximum atomic E-state index is 7.81. The lowest BCUT2D eigenvalue weighted by atomic mass is 10.8. The Morgan fingerprint density at radius 3 is 3.00 bits per heavy atom. The van der Waals surface area contributed by atoms with E-state index in [1.165, 1.54) is 12.3 Å². The van der Waals surface area contributed by atoms with E-state index in [9.17, 15) is 0 Å². The summed E-state index contributed by atoms with van der Waals surface area (Å²) in [6.45, 7) is 0. The van der Waals surface area contributed by atoms with E-state index in [-0.39, 0.29) is 0 Å². The molecule has 1 rings (SSSR count). The quantitative estimate of drug-likeness (QED) is 0.384. The Labute approximate surface area is 39.8 Å². The topological polar surface area (TPSA) is 47.3 Å². The van der Waals surface area contributed by atoms with Crippen LogP contribution in [0.3, 0.4) is 0 Å². The molecule has 1 N–H and O–H groups in total. The third-order valence-corrected chi connectivity index (χ3v) is 0.517. The van der Waals surface area contributed by atoms with E-state index < -0.39 is 0 Å². The molecular weight excluding hydrogens is 96.0 g/mol. The Morgan fingerprint density at radius 2 is 2.71 bits per heavy atom. The summed E-state index contributed by atoms with van der Waals surface area (Å²) < 4.78 is 0. The van der Waals surface area contributed by atoms with Crippen molar-refractivity contribution >= 4 is 0 Å². The van der Waals surface area contributed by atoms with Crippen LogP contribution in [-0.4, -0.2) is 15.2 Å². The normalized spacial score (nSPS) is 8.71. The van der Waals surface area contributed by atoms with Gasteiger partial charge in [0.2, 0.25) is 0 Å². The second-order valence-corrected chi connectivity index (χ2v) is 0.929. The van der Waals surface area contributed by atoms with Crippen molar-refractivity contribution in [2.45, 2.75) is 0 Å². The van der Waals surface area contributed by atoms with Gasteiger partial charge in [-0.25, -0.2) is 4.99 Å². The highest BCUT2D eigenvalue weighted by molar-refractivity contribution is 4.72. The fourth-order valence-electron chi connectivity index (χ4n) is 0.266.